The molecule has 3 heterocycles. The van der Waals surface area contributed by atoms with Crippen LogP contribution in [0.1, 0.15) is 11.5 Å². The second kappa shape index (κ2) is 8.74. The van der Waals surface area contributed by atoms with Gasteiger partial charge in [0.2, 0.25) is 5.58 Å². The van der Waals surface area contributed by atoms with Crippen LogP contribution in [0.25, 0.3) is 11.1 Å². The first-order chi connectivity index (χ1) is 13.8. The van der Waals surface area contributed by atoms with Gasteiger partial charge in [0.25, 0.3) is 5.89 Å². The molecule has 2 aromatic heterocycles. The first-order valence-electron chi connectivity index (χ1n) is 9.16. The fraction of sp³-hybridized carbons (Fsp3) is 0.333. The highest BCUT2D eigenvalue weighted by Crippen LogP contribution is 2.33. The van der Waals surface area contributed by atoms with Crippen molar-refractivity contribution >= 4 is 11.1 Å². The van der Waals surface area contributed by atoms with Crippen LogP contribution in [0.5, 0.6) is 11.5 Å². The van der Waals surface area contributed by atoms with Crippen molar-refractivity contribution in [3.05, 3.63) is 48.1 Å². The molecule has 0 spiro atoms. The van der Waals surface area contributed by atoms with Crippen molar-refractivity contribution in [2.75, 3.05) is 46.6 Å². The molecule has 1 aromatic carbocycles. The van der Waals surface area contributed by atoms with E-state index < -0.39 is 0 Å². The lowest BCUT2D eigenvalue weighted by molar-refractivity contribution is 0.0323. The van der Waals surface area contributed by atoms with E-state index in [9.17, 15) is 0 Å². The van der Waals surface area contributed by atoms with Crippen molar-refractivity contribution in [3.8, 4) is 23.3 Å². The maximum absolute atomic E-state index is 5.97. The van der Waals surface area contributed by atoms with Gasteiger partial charge in [0, 0.05) is 37.6 Å². The molecule has 4 rings (SSSR count). The lowest BCUT2D eigenvalue weighted by atomic mass is 10.3. The van der Waals surface area contributed by atoms with Crippen molar-refractivity contribution in [2.45, 2.75) is 0 Å². The number of aromatic nitrogens is 2. The zero-order valence-electron chi connectivity index (χ0n) is 15.7. The van der Waals surface area contributed by atoms with Crippen LogP contribution in [0.2, 0.25) is 0 Å². The fourth-order valence-electron chi connectivity index (χ4n) is 2.96. The van der Waals surface area contributed by atoms with E-state index >= 15 is 0 Å². The number of morpholine rings is 1. The Hall–Kier alpha value is -3.08. The molecule has 0 saturated carbocycles. The average molecular weight is 379 g/mol. The van der Waals surface area contributed by atoms with Gasteiger partial charge in [-0.3, -0.25) is 9.88 Å². The van der Waals surface area contributed by atoms with E-state index in [1.54, 1.807) is 19.5 Å². The Kier molecular flexibility index (Phi) is 5.71. The molecular formula is C21H21N3O4. The number of methoxy groups -OCH3 is 1. The number of oxazole rings is 1. The summed E-state index contributed by atoms with van der Waals surface area (Å²) in [6, 6.07) is 7.38. The van der Waals surface area contributed by atoms with Crippen LogP contribution in [0.3, 0.4) is 0 Å². The molecule has 1 aliphatic heterocycles. The van der Waals surface area contributed by atoms with Crippen LogP contribution in [0.4, 0.5) is 0 Å². The first kappa shape index (κ1) is 18.3. The van der Waals surface area contributed by atoms with Gasteiger partial charge in [-0.15, -0.1) is 0 Å². The number of hydrogen-bond acceptors (Lipinski definition) is 7. The predicted molar refractivity (Wildman–Crippen MR) is 104 cm³/mol. The largest absolute Gasteiger partial charge is 0.494 e. The summed E-state index contributed by atoms with van der Waals surface area (Å²) >= 11 is 0. The van der Waals surface area contributed by atoms with Gasteiger partial charge in [-0.05, 0) is 30.2 Å². The Balaban J connectivity index is 1.53. The van der Waals surface area contributed by atoms with Crippen LogP contribution < -0.4 is 9.47 Å². The van der Waals surface area contributed by atoms with Gasteiger partial charge in [0.1, 0.15) is 12.4 Å². The smallest absolute Gasteiger partial charge is 0.274 e. The van der Waals surface area contributed by atoms with E-state index in [0.29, 0.717) is 35.1 Å². The number of pyridine rings is 1. The first-order valence-corrected chi connectivity index (χ1v) is 9.16. The molecule has 7 heteroatoms. The molecule has 0 radical (unpaired) electrons. The highest BCUT2D eigenvalue weighted by molar-refractivity contribution is 5.85. The lowest BCUT2D eigenvalue weighted by Crippen LogP contribution is -2.38. The standard InChI is InChI=1S/C21H21N3O4/c1-25-17-5-6-18(27-14-11-24-9-12-26-13-10-24)21-20(17)23-19(28-21)7-4-16-3-2-8-22-15-16/h2-3,5-6,8,15H,9-14H2,1H3. The topological polar surface area (TPSA) is 69.9 Å². The number of ether oxygens (including phenoxy) is 3. The molecule has 28 heavy (non-hydrogen) atoms. The zero-order valence-corrected chi connectivity index (χ0v) is 15.7. The summed E-state index contributed by atoms with van der Waals surface area (Å²) in [6.45, 7) is 4.79. The summed E-state index contributed by atoms with van der Waals surface area (Å²) < 4.78 is 22.6. The molecular weight excluding hydrogens is 358 g/mol. The molecule has 0 amide bonds. The van der Waals surface area contributed by atoms with Gasteiger partial charge in [-0.2, -0.15) is 4.98 Å². The van der Waals surface area contributed by atoms with E-state index in [1.165, 1.54) is 0 Å². The third-order valence-electron chi connectivity index (χ3n) is 4.43. The van der Waals surface area contributed by atoms with E-state index in [4.69, 9.17) is 18.6 Å². The molecule has 0 unspecified atom stereocenters. The minimum absolute atomic E-state index is 0.307. The molecule has 3 aromatic rings. The van der Waals surface area contributed by atoms with E-state index in [0.717, 1.165) is 38.4 Å². The SMILES string of the molecule is COc1ccc(OCCN2CCOCC2)c2oc(C#Cc3cccnc3)nc12. The number of rotatable bonds is 5. The molecule has 1 aliphatic rings. The quantitative estimate of drug-likeness (QED) is 0.630. The predicted octanol–water partition coefficient (Wildman–Crippen LogP) is 2.34. The zero-order chi connectivity index (χ0) is 19.2. The molecule has 0 bridgehead atoms. The summed E-state index contributed by atoms with van der Waals surface area (Å²) in [5.41, 5.74) is 1.93. The van der Waals surface area contributed by atoms with Gasteiger partial charge >= 0.3 is 0 Å². The van der Waals surface area contributed by atoms with Crippen LogP contribution >= 0.6 is 0 Å². The highest BCUT2D eigenvalue weighted by atomic mass is 16.5. The van der Waals surface area contributed by atoms with E-state index in [-0.39, 0.29) is 0 Å². The second-order valence-electron chi connectivity index (χ2n) is 6.26. The highest BCUT2D eigenvalue weighted by Gasteiger charge is 2.16. The summed E-state index contributed by atoms with van der Waals surface area (Å²) in [5, 5.41) is 0. The van der Waals surface area contributed by atoms with Gasteiger partial charge < -0.3 is 18.6 Å². The van der Waals surface area contributed by atoms with Crippen molar-refractivity contribution in [1.82, 2.24) is 14.9 Å². The van der Waals surface area contributed by atoms with Crippen molar-refractivity contribution in [1.29, 1.82) is 0 Å². The van der Waals surface area contributed by atoms with Gasteiger partial charge in [0.15, 0.2) is 11.3 Å². The molecule has 7 nitrogen and oxygen atoms in total. The Bertz CT molecular complexity index is 985. The fourth-order valence-corrected chi connectivity index (χ4v) is 2.96. The normalized spacial score (nSPS) is 14.5. The van der Waals surface area contributed by atoms with Crippen LogP contribution in [-0.4, -0.2) is 61.4 Å². The Morgan fingerprint density at radius 3 is 2.79 bits per heavy atom. The molecule has 144 valence electrons. The van der Waals surface area contributed by atoms with Crippen LogP contribution in [-0.2, 0) is 4.74 Å². The minimum atomic E-state index is 0.307. The van der Waals surface area contributed by atoms with E-state index in [1.807, 2.05) is 24.3 Å². The molecule has 0 aliphatic carbocycles. The maximum atomic E-state index is 5.97. The molecule has 0 N–H and O–H groups in total. The molecule has 0 atom stereocenters. The Labute approximate surface area is 163 Å². The lowest BCUT2D eigenvalue weighted by Gasteiger charge is -2.26. The third kappa shape index (κ3) is 4.25. The number of fused-ring (bicyclic) bond motifs is 1. The maximum Gasteiger partial charge on any atom is 0.274 e. The minimum Gasteiger partial charge on any atom is -0.494 e. The van der Waals surface area contributed by atoms with Crippen molar-refractivity contribution in [3.63, 3.8) is 0 Å². The van der Waals surface area contributed by atoms with Gasteiger partial charge in [-0.1, -0.05) is 5.92 Å². The van der Waals surface area contributed by atoms with Crippen LogP contribution in [0.15, 0.2) is 41.1 Å². The Morgan fingerprint density at radius 2 is 2.00 bits per heavy atom. The number of benzene rings is 1. The van der Waals surface area contributed by atoms with E-state index in [2.05, 4.69) is 26.7 Å². The summed E-state index contributed by atoms with van der Waals surface area (Å²) in [4.78, 5) is 10.8. The van der Waals surface area contributed by atoms with Crippen molar-refractivity contribution < 1.29 is 18.6 Å². The monoisotopic (exact) mass is 379 g/mol. The summed E-state index contributed by atoms with van der Waals surface area (Å²) in [7, 11) is 1.60. The van der Waals surface area contributed by atoms with Crippen molar-refractivity contribution in [2.24, 2.45) is 0 Å². The van der Waals surface area contributed by atoms with Gasteiger partial charge in [-0.25, -0.2) is 0 Å². The third-order valence-corrected chi connectivity index (χ3v) is 4.43. The number of hydrogen-bond donors (Lipinski definition) is 0. The second-order valence-corrected chi connectivity index (χ2v) is 6.26. The molecule has 1 saturated heterocycles. The summed E-state index contributed by atoms with van der Waals surface area (Å²) in [5.74, 6) is 7.49. The molecule has 1 fully saturated rings. The summed E-state index contributed by atoms with van der Waals surface area (Å²) in [6.07, 6.45) is 3.40. The Morgan fingerprint density at radius 1 is 1.14 bits per heavy atom. The average Bonchev–Trinajstić information content (AvgIpc) is 3.18. The number of nitrogens with zero attached hydrogens (tertiary/aromatic N) is 3. The van der Waals surface area contributed by atoms with Crippen LogP contribution in [0, 0.1) is 11.8 Å². The van der Waals surface area contributed by atoms with Gasteiger partial charge in [0.05, 0.1) is 20.3 Å².